The quantitative estimate of drug-likeness (QED) is 0.0195. The minimum absolute atomic E-state index is 0.147. The molecule has 0 heterocycles. The van der Waals surface area contributed by atoms with E-state index in [0.717, 1.165) is 64.2 Å². The van der Waals surface area contributed by atoms with Gasteiger partial charge in [0.05, 0.1) is 40.3 Å². The Morgan fingerprint density at radius 1 is 0.375 bits per heavy atom. The first-order valence-corrected chi connectivity index (χ1v) is 33.9. The zero-order valence-corrected chi connectivity index (χ0v) is 53.2. The predicted molar refractivity (Wildman–Crippen MR) is 338 cm³/mol. The zero-order valence-electron chi connectivity index (χ0n) is 53.2. The molecule has 0 aromatic rings. The summed E-state index contributed by atoms with van der Waals surface area (Å²) in [5.74, 6) is -2.28. The number of hydrogen-bond donors (Lipinski definition) is 0. The van der Waals surface area contributed by atoms with Crippen LogP contribution in [0.3, 0.4) is 0 Å². The van der Waals surface area contributed by atoms with Crippen LogP contribution in [0.2, 0.25) is 0 Å². The molecule has 0 fully saturated rings. The molecule has 0 aromatic heterocycles. The summed E-state index contributed by atoms with van der Waals surface area (Å²) in [7, 11) is 5.93. The van der Waals surface area contributed by atoms with Crippen LogP contribution in [-0.4, -0.2) is 82.3 Å². The van der Waals surface area contributed by atoms with Crippen LogP contribution >= 0.6 is 0 Å². The first-order chi connectivity index (χ1) is 39.1. The standard InChI is InChI=1S/C71H129NO8/c1-6-8-10-12-14-16-18-20-22-24-26-27-28-29-30-31-32-33-34-35-36-37-38-39-40-41-42-43-44-46-48-50-52-54-56-58-60-62-69(74)80-67(66-79-71(70(75)76)77-64-63-72(3,4)5)65-78-68(73)61-59-57-55-53-51-49-47-45-25-23-21-19-17-15-13-11-9-7-2/h17-20,23-26,28-29,67,71H,6-16,21-22,27,30-66H2,1-5H3/b19-17-,20-18-,25-23-,26-24-,29-28-. The van der Waals surface area contributed by atoms with Crippen LogP contribution in [-0.2, 0) is 33.3 Å². The number of carbonyl (C=O) groups is 3. The molecule has 466 valence electrons. The minimum Gasteiger partial charge on any atom is -0.545 e. The smallest absolute Gasteiger partial charge is 0.306 e. The summed E-state index contributed by atoms with van der Waals surface area (Å²) in [5, 5.41) is 11.8. The molecule has 0 aliphatic heterocycles. The molecule has 0 N–H and O–H groups in total. The second-order valence-corrected chi connectivity index (χ2v) is 24.1. The molecule has 0 saturated heterocycles. The molecule has 0 amide bonds. The highest BCUT2D eigenvalue weighted by Gasteiger charge is 2.22. The van der Waals surface area contributed by atoms with Gasteiger partial charge in [-0.2, -0.15) is 0 Å². The normalized spacial score (nSPS) is 13.1. The Morgan fingerprint density at radius 2 is 0.675 bits per heavy atom. The molecule has 0 aromatic carbocycles. The van der Waals surface area contributed by atoms with E-state index < -0.39 is 24.3 Å². The molecule has 0 spiro atoms. The number of esters is 2. The SMILES string of the molecule is CCCCCC/C=C\C/C=C\CCCCCCCCCC(=O)OCC(COC(OCC[N+](C)(C)C)C(=O)[O-])OC(=O)CCCCCCCCCCCCCCCCCCCCCCCC/C=C\C/C=C\C/C=C\CCCCCCC. The lowest BCUT2D eigenvalue weighted by Crippen LogP contribution is -2.44. The number of allylic oxidation sites excluding steroid dienone is 10. The lowest BCUT2D eigenvalue weighted by Gasteiger charge is -2.26. The zero-order chi connectivity index (χ0) is 58.3. The summed E-state index contributed by atoms with van der Waals surface area (Å²) in [4.78, 5) is 37.4. The lowest BCUT2D eigenvalue weighted by atomic mass is 10.0. The van der Waals surface area contributed by atoms with Crippen molar-refractivity contribution in [2.45, 2.75) is 328 Å². The van der Waals surface area contributed by atoms with Gasteiger partial charge in [-0.1, -0.05) is 280 Å². The molecule has 0 aliphatic rings. The van der Waals surface area contributed by atoms with Crippen LogP contribution in [0.25, 0.3) is 0 Å². The number of ether oxygens (including phenoxy) is 4. The van der Waals surface area contributed by atoms with E-state index in [1.54, 1.807) is 0 Å². The third kappa shape index (κ3) is 62.6. The van der Waals surface area contributed by atoms with Gasteiger partial charge in [0, 0.05) is 12.8 Å². The Kier molecular flexibility index (Phi) is 59.7. The molecule has 2 atom stereocenters. The monoisotopic (exact) mass is 1120 g/mol. The number of hydrogen-bond acceptors (Lipinski definition) is 8. The second kappa shape index (κ2) is 62.0. The van der Waals surface area contributed by atoms with Gasteiger partial charge in [0.15, 0.2) is 12.4 Å². The van der Waals surface area contributed by atoms with Crippen LogP contribution < -0.4 is 5.11 Å². The van der Waals surface area contributed by atoms with Crippen molar-refractivity contribution in [3.8, 4) is 0 Å². The molecular weight excluding hydrogens is 995 g/mol. The van der Waals surface area contributed by atoms with Crippen molar-refractivity contribution in [1.29, 1.82) is 0 Å². The van der Waals surface area contributed by atoms with Gasteiger partial charge < -0.3 is 33.3 Å². The van der Waals surface area contributed by atoms with E-state index in [1.807, 2.05) is 21.1 Å². The first-order valence-electron chi connectivity index (χ1n) is 33.9. The number of rotatable bonds is 63. The summed E-state index contributed by atoms with van der Waals surface area (Å²) in [6.07, 6.45) is 77.3. The highest BCUT2D eigenvalue weighted by atomic mass is 16.7. The number of nitrogens with zero attached hydrogens (tertiary/aromatic N) is 1. The lowest BCUT2D eigenvalue weighted by molar-refractivity contribution is -0.870. The molecule has 9 heteroatoms. The number of carbonyl (C=O) groups excluding carboxylic acids is 3. The average molecular weight is 1120 g/mol. The van der Waals surface area contributed by atoms with Gasteiger partial charge in [-0.25, -0.2) is 0 Å². The average Bonchev–Trinajstić information content (AvgIpc) is 3.43. The fourth-order valence-electron chi connectivity index (χ4n) is 9.75. The number of aliphatic carboxylic acids is 1. The van der Waals surface area contributed by atoms with E-state index >= 15 is 0 Å². The predicted octanol–water partition coefficient (Wildman–Crippen LogP) is 19.4. The molecule has 0 saturated carbocycles. The third-order valence-corrected chi connectivity index (χ3v) is 15.0. The van der Waals surface area contributed by atoms with Gasteiger partial charge in [0.2, 0.25) is 0 Å². The fraction of sp³-hybridized carbons (Fsp3) is 0.817. The van der Waals surface area contributed by atoms with E-state index in [-0.39, 0.29) is 38.6 Å². The van der Waals surface area contributed by atoms with E-state index in [2.05, 4.69) is 74.6 Å². The summed E-state index contributed by atoms with van der Waals surface area (Å²) >= 11 is 0. The molecule has 2 unspecified atom stereocenters. The van der Waals surface area contributed by atoms with Crippen LogP contribution in [0.5, 0.6) is 0 Å². The number of likely N-dealkylation sites (N-methyl/N-ethyl adjacent to an activating group) is 1. The number of quaternary nitrogens is 1. The van der Waals surface area contributed by atoms with Crippen LogP contribution in [0.1, 0.15) is 316 Å². The first kappa shape index (κ1) is 77.0. The third-order valence-electron chi connectivity index (χ3n) is 15.0. The maximum atomic E-state index is 12.9. The Hall–Kier alpha value is -3.01. The fourth-order valence-corrected chi connectivity index (χ4v) is 9.75. The number of carboxylic acids is 1. The summed E-state index contributed by atoms with van der Waals surface area (Å²) in [5.41, 5.74) is 0. The molecule has 0 rings (SSSR count). The highest BCUT2D eigenvalue weighted by molar-refractivity contribution is 5.70. The van der Waals surface area contributed by atoms with Crippen molar-refractivity contribution < 1.29 is 42.9 Å². The molecule has 0 aliphatic carbocycles. The van der Waals surface area contributed by atoms with Crippen molar-refractivity contribution >= 4 is 17.9 Å². The van der Waals surface area contributed by atoms with Crippen molar-refractivity contribution in [2.75, 3.05) is 47.5 Å². The Balaban J connectivity index is 4.03. The molecule has 0 bridgehead atoms. The molecule has 9 nitrogen and oxygen atoms in total. The van der Waals surface area contributed by atoms with E-state index in [4.69, 9.17) is 18.9 Å². The number of carboxylic acid groups (broad SMARTS) is 1. The van der Waals surface area contributed by atoms with E-state index in [1.165, 1.54) is 218 Å². The van der Waals surface area contributed by atoms with Gasteiger partial charge in [-0.3, -0.25) is 9.59 Å². The van der Waals surface area contributed by atoms with Gasteiger partial charge in [0.25, 0.3) is 0 Å². The van der Waals surface area contributed by atoms with Crippen LogP contribution in [0, 0.1) is 0 Å². The van der Waals surface area contributed by atoms with Crippen molar-refractivity contribution in [3.63, 3.8) is 0 Å². The van der Waals surface area contributed by atoms with E-state index in [9.17, 15) is 19.5 Å². The van der Waals surface area contributed by atoms with Crippen molar-refractivity contribution in [1.82, 2.24) is 0 Å². The summed E-state index contributed by atoms with van der Waals surface area (Å²) in [6.45, 7) is 4.75. The Morgan fingerprint density at radius 3 is 1.01 bits per heavy atom. The van der Waals surface area contributed by atoms with Gasteiger partial charge in [-0.15, -0.1) is 0 Å². The Bertz CT molecular complexity index is 1500. The maximum Gasteiger partial charge on any atom is 0.306 e. The summed E-state index contributed by atoms with van der Waals surface area (Å²) < 4.78 is 22.8. The van der Waals surface area contributed by atoms with Crippen LogP contribution in [0.4, 0.5) is 0 Å². The summed E-state index contributed by atoms with van der Waals surface area (Å²) in [6, 6.07) is 0. The van der Waals surface area contributed by atoms with E-state index in [0.29, 0.717) is 17.4 Å². The molecule has 80 heavy (non-hydrogen) atoms. The Labute approximate surface area is 495 Å². The second-order valence-electron chi connectivity index (χ2n) is 24.1. The van der Waals surface area contributed by atoms with Gasteiger partial charge in [0.1, 0.15) is 13.2 Å². The van der Waals surface area contributed by atoms with Crippen molar-refractivity contribution in [3.05, 3.63) is 60.8 Å². The van der Waals surface area contributed by atoms with Gasteiger partial charge in [-0.05, 0) is 83.5 Å². The largest absolute Gasteiger partial charge is 0.545 e. The van der Waals surface area contributed by atoms with Gasteiger partial charge >= 0.3 is 11.9 Å². The topological polar surface area (TPSA) is 111 Å². The molecule has 0 radical (unpaired) electrons. The van der Waals surface area contributed by atoms with Crippen molar-refractivity contribution in [2.24, 2.45) is 0 Å². The maximum absolute atomic E-state index is 12.9. The minimum atomic E-state index is -1.62. The highest BCUT2D eigenvalue weighted by Crippen LogP contribution is 2.18. The number of unbranched alkanes of at least 4 members (excludes halogenated alkanes) is 38. The molecular formula is C71H129NO8. The van der Waals surface area contributed by atoms with Crippen LogP contribution in [0.15, 0.2) is 60.8 Å².